The van der Waals surface area contributed by atoms with Crippen LogP contribution in [0, 0.1) is 5.92 Å². The van der Waals surface area contributed by atoms with Crippen LogP contribution in [0.15, 0.2) is 18.2 Å². The van der Waals surface area contributed by atoms with Crippen molar-refractivity contribution >= 4 is 11.6 Å². The van der Waals surface area contributed by atoms with Crippen molar-refractivity contribution in [2.75, 3.05) is 6.61 Å². The Morgan fingerprint density at radius 2 is 2.19 bits per heavy atom. The van der Waals surface area contributed by atoms with Gasteiger partial charge in [-0.15, -0.1) is 0 Å². The highest BCUT2D eigenvalue weighted by Crippen LogP contribution is 2.23. The normalized spacial score (nSPS) is 12.5. The first-order chi connectivity index (χ1) is 7.67. The van der Waals surface area contributed by atoms with Crippen molar-refractivity contribution in [3.63, 3.8) is 0 Å². The minimum absolute atomic E-state index is 0.0436. The Hall–Kier alpha value is -0.730. The van der Waals surface area contributed by atoms with Crippen molar-refractivity contribution in [3.8, 4) is 5.75 Å². The zero-order valence-corrected chi connectivity index (χ0v) is 10.6. The third-order valence-corrected chi connectivity index (χ3v) is 2.73. The molecule has 0 bridgehead atoms. The maximum Gasteiger partial charge on any atom is 0.124 e. The second kappa shape index (κ2) is 6.77. The van der Waals surface area contributed by atoms with E-state index in [9.17, 15) is 5.11 Å². The van der Waals surface area contributed by atoms with Gasteiger partial charge in [0.05, 0.1) is 13.2 Å². The van der Waals surface area contributed by atoms with Crippen molar-refractivity contribution in [1.82, 2.24) is 0 Å². The van der Waals surface area contributed by atoms with Crippen LogP contribution in [0.4, 0.5) is 0 Å². The van der Waals surface area contributed by atoms with Crippen molar-refractivity contribution in [2.24, 2.45) is 5.92 Å². The lowest BCUT2D eigenvalue weighted by Gasteiger charge is -2.14. The molecule has 0 aliphatic heterocycles. The van der Waals surface area contributed by atoms with Crippen LogP contribution in [-0.4, -0.2) is 11.7 Å². The Morgan fingerprint density at radius 1 is 1.44 bits per heavy atom. The standard InChI is InChI=1S/C13H19ClO2/c1-3-4-10(2)9-16-13-6-5-12(14)7-11(13)8-15/h5-7,10,15H,3-4,8-9H2,1-2H3. The predicted octanol–water partition coefficient (Wildman–Crippen LogP) is 3.65. The first kappa shape index (κ1) is 13.3. The highest BCUT2D eigenvalue weighted by molar-refractivity contribution is 6.30. The summed E-state index contributed by atoms with van der Waals surface area (Å²) >= 11 is 5.84. The summed E-state index contributed by atoms with van der Waals surface area (Å²) in [6.45, 7) is 4.97. The summed E-state index contributed by atoms with van der Waals surface area (Å²) in [7, 11) is 0. The second-order valence-electron chi connectivity index (χ2n) is 4.12. The predicted molar refractivity (Wildman–Crippen MR) is 66.9 cm³/mol. The summed E-state index contributed by atoms with van der Waals surface area (Å²) < 4.78 is 5.68. The Labute approximate surface area is 102 Å². The fourth-order valence-corrected chi connectivity index (χ4v) is 1.82. The van der Waals surface area contributed by atoms with Crippen LogP contribution in [0.3, 0.4) is 0 Å². The number of aliphatic hydroxyl groups is 1. The molecule has 1 atom stereocenters. The van der Waals surface area contributed by atoms with Gasteiger partial charge in [0.1, 0.15) is 5.75 Å². The summed E-state index contributed by atoms with van der Waals surface area (Å²) in [5.41, 5.74) is 0.746. The van der Waals surface area contributed by atoms with Crippen LogP contribution in [0.2, 0.25) is 5.02 Å². The molecule has 0 saturated heterocycles. The van der Waals surface area contributed by atoms with E-state index in [-0.39, 0.29) is 6.61 Å². The number of benzene rings is 1. The van der Waals surface area contributed by atoms with Gasteiger partial charge in [0.25, 0.3) is 0 Å². The zero-order valence-electron chi connectivity index (χ0n) is 9.87. The molecule has 3 heteroatoms. The molecule has 0 fully saturated rings. The summed E-state index contributed by atoms with van der Waals surface area (Å²) in [5, 5.41) is 9.80. The van der Waals surface area contributed by atoms with Gasteiger partial charge in [0, 0.05) is 10.6 Å². The number of hydrogen-bond donors (Lipinski definition) is 1. The molecule has 0 aliphatic rings. The summed E-state index contributed by atoms with van der Waals surface area (Å²) in [6.07, 6.45) is 2.32. The highest BCUT2D eigenvalue weighted by Gasteiger charge is 2.06. The molecule has 1 N–H and O–H groups in total. The third kappa shape index (κ3) is 4.03. The minimum atomic E-state index is -0.0436. The van der Waals surface area contributed by atoms with Gasteiger partial charge in [0.15, 0.2) is 0 Å². The molecule has 90 valence electrons. The Kier molecular flexibility index (Phi) is 5.64. The zero-order chi connectivity index (χ0) is 12.0. The SMILES string of the molecule is CCCC(C)COc1ccc(Cl)cc1CO. The van der Waals surface area contributed by atoms with Crippen molar-refractivity contribution < 1.29 is 9.84 Å². The van der Waals surface area contributed by atoms with Crippen LogP contribution >= 0.6 is 11.6 Å². The van der Waals surface area contributed by atoms with Gasteiger partial charge in [-0.05, 0) is 30.5 Å². The fourth-order valence-electron chi connectivity index (χ4n) is 1.62. The molecule has 0 heterocycles. The van der Waals surface area contributed by atoms with Crippen molar-refractivity contribution in [2.45, 2.75) is 33.3 Å². The molecule has 0 amide bonds. The molecule has 1 rings (SSSR count). The van der Waals surface area contributed by atoms with Gasteiger partial charge in [-0.1, -0.05) is 31.9 Å². The van der Waals surface area contributed by atoms with Gasteiger partial charge in [0.2, 0.25) is 0 Å². The smallest absolute Gasteiger partial charge is 0.124 e. The third-order valence-electron chi connectivity index (χ3n) is 2.50. The molecular formula is C13H19ClO2. The van der Waals surface area contributed by atoms with Gasteiger partial charge >= 0.3 is 0 Å². The monoisotopic (exact) mass is 242 g/mol. The second-order valence-corrected chi connectivity index (χ2v) is 4.55. The fraction of sp³-hybridized carbons (Fsp3) is 0.538. The lowest BCUT2D eigenvalue weighted by Crippen LogP contribution is -2.09. The molecule has 0 saturated carbocycles. The van der Waals surface area contributed by atoms with Gasteiger partial charge < -0.3 is 9.84 Å². The first-order valence-corrected chi connectivity index (χ1v) is 6.07. The lowest BCUT2D eigenvalue weighted by atomic mass is 10.1. The van der Waals surface area contributed by atoms with Crippen LogP contribution in [-0.2, 0) is 6.61 Å². The summed E-state index contributed by atoms with van der Waals surface area (Å²) in [4.78, 5) is 0. The van der Waals surface area contributed by atoms with Crippen LogP contribution in [0.25, 0.3) is 0 Å². The van der Waals surface area contributed by atoms with Gasteiger partial charge in [-0.3, -0.25) is 0 Å². The summed E-state index contributed by atoms with van der Waals surface area (Å²) in [6, 6.07) is 5.33. The number of ether oxygens (including phenoxy) is 1. The molecule has 0 spiro atoms. The Morgan fingerprint density at radius 3 is 2.81 bits per heavy atom. The quantitative estimate of drug-likeness (QED) is 0.825. The molecule has 1 aromatic carbocycles. The van der Waals surface area contributed by atoms with E-state index in [1.54, 1.807) is 12.1 Å². The van der Waals surface area contributed by atoms with Crippen LogP contribution in [0.1, 0.15) is 32.3 Å². The van der Waals surface area contributed by atoms with Crippen LogP contribution < -0.4 is 4.74 Å². The maximum absolute atomic E-state index is 9.17. The van der Waals surface area contributed by atoms with E-state index >= 15 is 0 Å². The highest BCUT2D eigenvalue weighted by atomic mass is 35.5. The average Bonchev–Trinajstić information content (AvgIpc) is 2.27. The topological polar surface area (TPSA) is 29.5 Å². The number of halogens is 1. The Balaban J connectivity index is 2.59. The van der Waals surface area contributed by atoms with E-state index in [2.05, 4.69) is 13.8 Å². The summed E-state index contributed by atoms with van der Waals surface area (Å²) in [5.74, 6) is 1.27. The molecule has 0 aliphatic carbocycles. The maximum atomic E-state index is 9.17. The first-order valence-electron chi connectivity index (χ1n) is 5.69. The number of aliphatic hydroxyl groups excluding tert-OH is 1. The van der Waals surface area contributed by atoms with Crippen LogP contribution in [0.5, 0.6) is 5.75 Å². The van der Waals surface area contributed by atoms with E-state index in [1.165, 1.54) is 0 Å². The minimum Gasteiger partial charge on any atom is -0.493 e. The van der Waals surface area contributed by atoms with Gasteiger partial charge in [-0.25, -0.2) is 0 Å². The number of hydrogen-bond acceptors (Lipinski definition) is 2. The lowest BCUT2D eigenvalue weighted by molar-refractivity contribution is 0.234. The molecule has 0 radical (unpaired) electrons. The van der Waals surface area contributed by atoms with E-state index < -0.39 is 0 Å². The van der Waals surface area contributed by atoms with Gasteiger partial charge in [-0.2, -0.15) is 0 Å². The molecule has 16 heavy (non-hydrogen) atoms. The van der Waals surface area contributed by atoms with E-state index in [4.69, 9.17) is 16.3 Å². The average molecular weight is 243 g/mol. The Bertz CT molecular complexity index is 326. The number of rotatable bonds is 6. The van der Waals surface area contributed by atoms with Crippen molar-refractivity contribution in [1.29, 1.82) is 0 Å². The molecule has 1 aromatic rings. The molecule has 2 nitrogen and oxygen atoms in total. The largest absolute Gasteiger partial charge is 0.493 e. The van der Waals surface area contributed by atoms with E-state index in [0.29, 0.717) is 17.5 Å². The molecule has 1 unspecified atom stereocenters. The van der Waals surface area contributed by atoms with Crippen molar-refractivity contribution in [3.05, 3.63) is 28.8 Å². The molecular weight excluding hydrogens is 224 g/mol. The van der Waals surface area contributed by atoms with E-state index in [1.807, 2.05) is 6.07 Å². The van der Waals surface area contributed by atoms with E-state index in [0.717, 1.165) is 24.2 Å². The molecule has 0 aromatic heterocycles.